The van der Waals surface area contributed by atoms with Crippen molar-refractivity contribution in [3.05, 3.63) is 40.0 Å². The quantitative estimate of drug-likeness (QED) is 0.766. The molecule has 1 aliphatic heterocycles. The van der Waals surface area contributed by atoms with Gasteiger partial charge in [0.25, 0.3) is 0 Å². The standard InChI is InChI=1S/C15H17IN2O2S/c16-15-4-1-3-12-11-13(5-6-14(12)15)21(19,20)18-9-2-7-17-8-10-18/h1,3-6,11,17H,2,7-10H2. The van der Waals surface area contributed by atoms with Gasteiger partial charge in [-0.2, -0.15) is 4.31 Å². The van der Waals surface area contributed by atoms with Gasteiger partial charge in [0.15, 0.2) is 0 Å². The second-order valence-electron chi connectivity index (χ2n) is 5.13. The zero-order valence-electron chi connectivity index (χ0n) is 11.5. The van der Waals surface area contributed by atoms with Gasteiger partial charge in [-0.3, -0.25) is 0 Å². The van der Waals surface area contributed by atoms with Crippen LogP contribution in [-0.4, -0.2) is 38.9 Å². The Hall–Kier alpha value is -0.700. The van der Waals surface area contributed by atoms with Gasteiger partial charge in [-0.05, 0) is 64.5 Å². The smallest absolute Gasteiger partial charge is 0.243 e. The number of benzene rings is 2. The third-order valence-corrected chi connectivity index (χ3v) is 6.57. The Bertz CT molecular complexity index is 753. The fourth-order valence-corrected chi connectivity index (χ4v) is 4.81. The van der Waals surface area contributed by atoms with Crippen molar-refractivity contribution in [3.63, 3.8) is 0 Å². The Morgan fingerprint density at radius 3 is 2.81 bits per heavy atom. The lowest BCUT2D eigenvalue weighted by atomic mass is 10.1. The molecule has 0 radical (unpaired) electrons. The maximum Gasteiger partial charge on any atom is 0.243 e. The van der Waals surface area contributed by atoms with Crippen molar-refractivity contribution in [2.45, 2.75) is 11.3 Å². The molecule has 1 fully saturated rings. The van der Waals surface area contributed by atoms with E-state index >= 15 is 0 Å². The molecule has 112 valence electrons. The van der Waals surface area contributed by atoms with Crippen LogP contribution in [-0.2, 0) is 10.0 Å². The van der Waals surface area contributed by atoms with Gasteiger partial charge in [0.1, 0.15) is 0 Å². The summed E-state index contributed by atoms with van der Waals surface area (Å²) in [5.74, 6) is 0. The molecule has 1 N–H and O–H groups in total. The zero-order valence-corrected chi connectivity index (χ0v) is 14.5. The molecule has 0 unspecified atom stereocenters. The molecule has 0 spiro atoms. The SMILES string of the molecule is O=S(=O)(c1ccc2c(I)cccc2c1)N1CCCNCC1. The van der Waals surface area contributed by atoms with Gasteiger partial charge in [-0.15, -0.1) is 0 Å². The largest absolute Gasteiger partial charge is 0.315 e. The van der Waals surface area contributed by atoms with Crippen molar-refractivity contribution in [1.82, 2.24) is 9.62 Å². The van der Waals surface area contributed by atoms with E-state index in [1.54, 1.807) is 16.4 Å². The Balaban J connectivity index is 2.02. The van der Waals surface area contributed by atoms with Crippen molar-refractivity contribution in [1.29, 1.82) is 0 Å². The van der Waals surface area contributed by atoms with E-state index in [2.05, 4.69) is 27.9 Å². The van der Waals surface area contributed by atoms with Gasteiger partial charge in [-0.25, -0.2) is 8.42 Å². The van der Waals surface area contributed by atoms with Crippen LogP contribution in [0.15, 0.2) is 41.3 Å². The Kier molecular flexibility index (Phi) is 4.49. The summed E-state index contributed by atoms with van der Waals surface area (Å²) in [5.41, 5.74) is 0. The van der Waals surface area contributed by atoms with Crippen molar-refractivity contribution in [2.24, 2.45) is 0 Å². The maximum atomic E-state index is 12.8. The second-order valence-corrected chi connectivity index (χ2v) is 8.23. The van der Waals surface area contributed by atoms with Crippen LogP contribution < -0.4 is 5.32 Å². The molecule has 0 amide bonds. The van der Waals surface area contributed by atoms with E-state index in [9.17, 15) is 8.42 Å². The normalized spacial score (nSPS) is 17.8. The molecule has 4 nitrogen and oxygen atoms in total. The molecule has 1 heterocycles. The molecular formula is C15H17IN2O2S. The van der Waals surface area contributed by atoms with Crippen molar-refractivity contribution < 1.29 is 8.42 Å². The molecule has 6 heteroatoms. The van der Waals surface area contributed by atoms with E-state index in [1.165, 1.54) is 0 Å². The van der Waals surface area contributed by atoms with Crippen molar-refractivity contribution in [3.8, 4) is 0 Å². The van der Waals surface area contributed by atoms with Crippen LogP contribution in [0, 0.1) is 3.57 Å². The molecule has 0 saturated carbocycles. The highest BCUT2D eigenvalue weighted by atomic mass is 127. The molecular weight excluding hydrogens is 399 g/mol. The van der Waals surface area contributed by atoms with Crippen LogP contribution in [0.4, 0.5) is 0 Å². The summed E-state index contributed by atoms with van der Waals surface area (Å²) in [6.45, 7) is 2.71. The molecule has 2 aromatic carbocycles. The summed E-state index contributed by atoms with van der Waals surface area (Å²) in [4.78, 5) is 0.388. The lowest BCUT2D eigenvalue weighted by molar-refractivity contribution is 0.432. The van der Waals surface area contributed by atoms with Crippen molar-refractivity contribution in [2.75, 3.05) is 26.2 Å². The van der Waals surface area contributed by atoms with Crippen LogP contribution in [0.1, 0.15) is 6.42 Å². The average molecular weight is 416 g/mol. The minimum absolute atomic E-state index is 0.388. The molecule has 0 aliphatic carbocycles. The van der Waals surface area contributed by atoms with Crippen LogP contribution in [0.5, 0.6) is 0 Å². The topological polar surface area (TPSA) is 49.4 Å². The van der Waals surface area contributed by atoms with Crippen LogP contribution >= 0.6 is 22.6 Å². The number of rotatable bonds is 2. The van der Waals surface area contributed by atoms with Gasteiger partial charge in [0, 0.05) is 23.2 Å². The minimum atomic E-state index is -3.40. The number of sulfonamides is 1. The fraction of sp³-hybridized carbons (Fsp3) is 0.333. The molecule has 1 aliphatic rings. The van der Waals surface area contributed by atoms with E-state index in [0.29, 0.717) is 24.5 Å². The predicted molar refractivity (Wildman–Crippen MR) is 92.9 cm³/mol. The van der Waals surface area contributed by atoms with Crippen LogP contribution in [0.25, 0.3) is 10.8 Å². The summed E-state index contributed by atoms with van der Waals surface area (Å²) in [6, 6.07) is 11.3. The Morgan fingerprint density at radius 1 is 1.10 bits per heavy atom. The van der Waals surface area contributed by atoms with Gasteiger partial charge in [0.05, 0.1) is 4.90 Å². The third-order valence-electron chi connectivity index (χ3n) is 3.74. The van der Waals surface area contributed by atoms with Gasteiger partial charge in [0.2, 0.25) is 10.0 Å². The fourth-order valence-electron chi connectivity index (χ4n) is 2.59. The molecule has 0 bridgehead atoms. The van der Waals surface area contributed by atoms with Crippen molar-refractivity contribution >= 4 is 43.4 Å². The first-order valence-corrected chi connectivity index (χ1v) is 9.50. The first kappa shape index (κ1) is 15.2. The molecule has 21 heavy (non-hydrogen) atoms. The summed E-state index contributed by atoms with van der Waals surface area (Å²) in [7, 11) is -3.40. The first-order valence-electron chi connectivity index (χ1n) is 6.98. The summed E-state index contributed by atoms with van der Waals surface area (Å²) < 4.78 is 28.2. The number of nitrogens with one attached hydrogen (secondary N) is 1. The highest BCUT2D eigenvalue weighted by molar-refractivity contribution is 14.1. The molecule has 0 aromatic heterocycles. The lowest BCUT2D eigenvalue weighted by Crippen LogP contribution is -2.34. The minimum Gasteiger partial charge on any atom is -0.315 e. The molecule has 1 saturated heterocycles. The van der Waals surface area contributed by atoms with E-state index < -0.39 is 10.0 Å². The monoisotopic (exact) mass is 416 g/mol. The molecule has 0 atom stereocenters. The van der Waals surface area contributed by atoms with Gasteiger partial charge < -0.3 is 5.32 Å². The average Bonchev–Trinajstić information content (AvgIpc) is 2.77. The second kappa shape index (κ2) is 6.20. The van der Waals surface area contributed by atoms with Crippen LogP contribution in [0.3, 0.4) is 0 Å². The van der Waals surface area contributed by atoms with Gasteiger partial charge >= 0.3 is 0 Å². The molecule has 2 aromatic rings. The molecule has 3 rings (SSSR count). The number of halogens is 1. The number of fused-ring (bicyclic) bond motifs is 1. The summed E-state index contributed by atoms with van der Waals surface area (Å²) >= 11 is 2.27. The number of nitrogens with zero attached hydrogens (tertiary/aromatic N) is 1. The van der Waals surface area contributed by atoms with Crippen LogP contribution in [0.2, 0.25) is 0 Å². The Labute approximate surface area is 138 Å². The van der Waals surface area contributed by atoms with E-state index in [0.717, 1.165) is 27.3 Å². The lowest BCUT2D eigenvalue weighted by Gasteiger charge is -2.20. The highest BCUT2D eigenvalue weighted by Crippen LogP contribution is 2.25. The third kappa shape index (κ3) is 3.08. The summed E-state index contributed by atoms with van der Waals surface area (Å²) in [6.07, 6.45) is 0.852. The predicted octanol–water partition coefficient (Wildman–Crippen LogP) is 2.43. The zero-order chi connectivity index (χ0) is 14.9. The van der Waals surface area contributed by atoms with E-state index in [-0.39, 0.29) is 0 Å². The maximum absolute atomic E-state index is 12.8. The number of hydrogen-bond donors (Lipinski definition) is 1. The highest BCUT2D eigenvalue weighted by Gasteiger charge is 2.25. The van der Waals surface area contributed by atoms with E-state index in [1.807, 2.05) is 24.3 Å². The summed E-state index contributed by atoms with van der Waals surface area (Å²) in [5, 5.41) is 5.29. The van der Waals surface area contributed by atoms with E-state index in [4.69, 9.17) is 0 Å². The number of hydrogen-bond acceptors (Lipinski definition) is 3. The van der Waals surface area contributed by atoms with Gasteiger partial charge in [-0.1, -0.05) is 18.2 Å². The Morgan fingerprint density at radius 2 is 1.95 bits per heavy atom. The first-order chi connectivity index (χ1) is 10.1.